The smallest absolute Gasteiger partial charge is 0.323 e. The molecule has 0 bridgehead atoms. The molecular weight excluding hydrogens is 334 g/mol. The highest BCUT2D eigenvalue weighted by Crippen LogP contribution is 2.29. The van der Waals surface area contributed by atoms with E-state index < -0.39 is 6.03 Å². The standard InChI is InChI=1S/C19H23N3O4/c1-22(2)18(23)11-13-5-7-14(8-6-13)20-19(24)21-16-10-9-15(25-3)12-17(16)26-4/h5-10,12H,11H2,1-4H3,(H2,20,21,24). The minimum Gasteiger partial charge on any atom is -0.497 e. The van der Waals surface area contributed by atoms with Crippen molar-refractivity contribution in [3.05, 3.63) is 48.0 Å². The van der Waals surface area contributed by atoms with Gasteiger partial charge in [-0.05, 0) is 29.8 Å². The second-order valence-electron chi connectivity index (χ2n) is 5.81. The highest BCUT2D eigenvalue weighted by molar-refractivity contribution is 6.00. The van der Waals surface area contributed by atoms with Crippen molar-refractivity contribution >= 4 is 23.3 Å². The van der Waals surface area contributed by atoms with E-state index in [4.69, 9.17) is 9.47 Å². The summed E-state index contributed by atoms with van der Waals surface area (Å²) >= 11 is 0. The Morgan fingerprint density at radius 3 is 2.23 bits per heavy atom. The minimum absolute atomic E-state index is 0.0232. The molecule has 0 heterocycles. The Hall–Kier alpha value is -3.22. The summed E-state index contributed by atoms with van der Waals surface area (Å²) in [6.07, 6.45) is 0.322. The molecule has 0 unspecified atom stereocenters. The number of hydrogen-bond donors (Lipinski definition) is 2. The van der Waals surface area contributed by atoms with E-state index in [1.165, 1.54) is 7.11 Å². The normalized spacial score (nSPS) is 10.0. The van der Waals surface area contributed by atoms with Gasteiger partial charge in [0.05, 0.1) is 26.3 Å². The molecule has 0 aliphatic heterocycles. The molecule has 0 aromatic heterocycles. The van der Waals surface area contributed by atoms with Crippen LogP contribution in [-0.4, -0.2) is 45.2 Å². The van der Waals surface area contributed by atoms with Crippen molar-refractivity contribution in [2.45, 2.75) is 6.42 Å². The van der Waals surface area contributed by atoms with Gasteiger partial charge in [-0.3, -0.25) is 4.79 Å². The molecular formula is C19H23N3O4. The van der Waals surface area contributed by atoms with Crippen LogP contribution in [0, 0.1) is 0 Å². The van der Waals surface area contributed by atoms with Crippen molar-refractivity contribution in [3.63, 3.8) is 0 Å². The van der Waals surface area contributed by atoms with Gasteiger partial charge < -0.3 is 25.0 Å². The van der Waals surface area contributed by atoms with Crippen LogP contribution in [0.4, 0.5) is 16.2 Å². The highest BCUT2D eigenvalue weighted by Gasteiger charge is 2.10. The minimum atomic E-state index is -0.398. The lowest BCUT2D eigenvalue weighted by molar-refractivity contribution is -0.127. The maximum absolute atomic E-state index is 12.2. The third kappa shape index (κ3) is 5.14. The first-order valence-electron chi connectivity index (χ1n) is 8.02. The maximum Gasteiger partial charge on any atom is 0.323 e. The van der Waals surface area contributed by atoms with E-state index in [0.29, 0.717) is 29.3 Å². The van der Waals surface area contributed by atoms with Crippen LogP contribution in [0.5, 0.6) is 11.5 Å². The second kappa shape index (κ2) is 8.75. The average Bonchev–Trinajstić information content (AvgIpc) is 2.63. The zero-order valence-electron chi connectivity index (χ0n) is 15.3. The number of rotatable bonds is 6. The zero-order chi connectivity index (χ0) is 19.1. The summed E-state index contributed by atoms with van der Waals surface area (Å²) in [7, 11) is 6.52. The predicted molar refractivity (Wildman–Crippen MR) is 101 cm³/mol. The summed E-state index contributed by atoms with van der Waals surface area (Å²) in [4.78, 5) is 25.4. The van der Waals surface area contributed by atoms with Crippen LogP contribution < -0.4 is 20.1 Å². The molecule has 0 saturated heterocycles. The van der Waals surface area contributed by atoms with Gasteiger partial charge in [0.25, 0.3) is 0 Å². The van der Waals surface area contributed by atoms with Gasteiger partial charge in [0.15, 0.2) is 0 Å². The lowest BCUT2D eigenvalue weighted by atomic mass is 10.1. The molecule has 0 spiro atoms. The fourth-order valence-electron chi connectivity index (χ4n) is 2.23. The molecule has 7 nitrogen and oxygen atoms in total. The third-order valence-electron chi connectivity index (χ3n) is 3.72. The molecule has 0 aliphatic carbocycles. The van der Waals surface area contributed by atoms with Gasteiger partial charge in [0, 0.05) is 25.8 Å². The molecule has 26 heavy (non-hydrogen) atoms. The zero-order valence-corrected chi connectivity index (χ0v) is 15.3. The Kier molecular flexibility index (Phi) is 6.43. The third-order valence-corrected chi connectivity index (χ3v) is 3.72. The number of urea groups is 1. The van der Waals surface area contributed by atoms with E-state index in [1.54, 1.807) is 56.4 Å². The summed E-state index contributed by atoms with van der Waals surface area (Å²) in [6, 6.07) is 11.8. The Morgan fingerprint density at radius 1 is 0.962 bits per heavy atom. The molecule has 2 N–H and O–H groups in total. The largest absolute Gasteiger partial charge is 0.497 e. The number of amides is 3. The van der Waals surface area contributed by atoms with Crippen molar-refractivity contribution in [1.29, 1.82) is 0 Å². The molecule has 7 heteroatoms. The summed E-state index contributed by atoms with van der Waals surface area (Å²) in [5, 5.41) is 5.47. The molecule has 0 atom stereocenters. The number of anilines is 2. The van der Waals surface area contributed by atoms with Gasteiger partial charge >= 0.3 is 6.03 Å². The van der Waals surface area contributed by atoms with Crippen LogP contribution in [0.2, 0.25) is 0 Å². The molecule has 0 aliphatic rings. The Balaban J connectivity index is 1.99. The van der Waals surface area contributed by atoms with Crippen molar-refractivity contribution in [3.8, 4) is 11.5 Å². The van der Waals surface area contributed by atoms with Gasteiger partial charge in [-0.25, -0.2) is 4.79 Å². The second-order valence-corrected chi connectivity index (χ2v) is 5.81. The van der Waals surface area contributed by atoms with Crippen molar-refractivity contribution in [2.75, 3.05) is 38.9 Å². The number of benzene rings is 2. The van der Waals surface area contributed by atoms with E-state index in [0.717, 1.165) is 5.56 Å². The van der Waals surface area contributed by atoms with E-state index in [1.807, 2.05) is 12.1 Å². The average molecular weight is 357 g/mol. The number of carbonyl (C=O) groups excluding carboxylic acids is 2. The van der Waals surface area contributed by atoms with E-state index in [-0.39, 0.29) is 5.91 Å². The molecule has 0 radical (unpaired) electrons. The number of nitrogens with one attached hydrogen (secondary N) is 2. The van der Waals surface area contributed by atoms with Crippen LogP contribution in [0.15, 0.2) is 42.5 Å². The van der Waals surface area contributed by atoms with E-state index in [2.05, 4.69) is 10.6 Å². The van der Waals surface area contributed by atoms with Crippen LogP contribution in [0.3, 0.4) is 0 Å². The molecule has 0 fully saturated rings. The Morgan fingerprint density at radius 2 is 1.65 bits per heavy atom. The number of nitrogens with zero attached hydrogens (tertiary/aromatic N) is 1. The molecule has 0 saturated carbocycles. The predicted octanol–water partition coefficient (Wildman–Crippen LogP) is 2.98. The van der Waals surface area contributed by atoms with Crippen LogP contribution in [-0.2, 0) is 11.2 Å². The quantitative estimate of drug-likeness (QED) is 0.833. The van der Waals surface area contributed by atoms with Gasteiger partial charge in [-0.15, -0.1) is 0 Å². The first kappa shape index (κ1) is 19.1. The van der Waals surface area contributed by atoms with Gasteiger partial charge in [0.2, 0.25) is 5.91 Å². The Bertz CT molecular complexity index is 773. The molecule has 2 rings (SSSR count). The fourth-order valence-corrected chi connectivity index (χ4v) is 2.23. The number of carbonyl (C=O) groups is 2. The first-order valence-corrected chi connectivity index (χ1v) is 8.02. The molecule has 2 aromatic rings. The maximum atomic E-state index is 12.2. The number of likely N-dealkylation sites (N-methyl/N-ethyl adjacent to an activating group) is 1. The monoisotopic (exact) mass is 357 g/mol. The van der Waals surface area contributed by atoms with Crippen molar-refractivity contribution < 1.29 is 19.1 Å². The number of methoxy groups -OCH3 is 2. The van der Waals surface area contributed by atoms with Gasteiger partial charge in [-0.2, -0.15) is 0 Å². The van der Waals surface area contributed by atoms with Crippen LogP contribution in [0.1, 0.15) is 5.56 Å². The number of hydrogen-bond acceptors (Lipinski definition) is 4. The topological polar surface area (TPSA) is 79.9 Å². The number of ether oxygens (including phenoxy) is 2. The van der Waals surface area contributed by atoms with Gasteiger partial charge in [0.1, 0.15) is 11.5 Å². The molecule has 3 amide bonds. The summed E-state index contributed by atoms with van der Waals surface area (Å²) in [6.45, 7) is 0. The van der Waals surface area contributed by atoms with Gasteiger partial charge in [-0.1, -0.05) is 12.1 Å². The molecule has 138 valence electrons. The van der Waals surface area contributed by atoms with Crippen LogP contribution in [0.25, 0.3) is 0 Å². The van der Waals surface area contributed by atoms with E-state index >= 15 is 0 Å². The first-order chi connectivity index (χ1) is 12.4. The highest BCUT2D eigenvalue weighted by atomic mass is 16.5. The van der Waals surface area contributed by atoms with Crippen LogP contribution >= 0.6 is 0 Å². The summed E-state index contributed by atoms with van der Waals surface area (Å²) < 4.78 is 10.4. The SMILES string of the molecule is COc1ccc(NC(=O)Nc2ccc(CC(=O)N(C)C)cc2)c(OC)c1. The molecule has 2 aromatic carbocycles. The summed E-state index contributed by atoms with van der Waals surface area (Å²) in [5.41, 5.74) is 2.03. The van der Waals surface area contributed by atoms with E-state index in [9.17, 15) is 9.59 Å². The summed E-state index contributed by atoms with van der Waals surface area (Å²) in [5.74, 6) is 1.16. The lowest BCUT2D eigenvalue weighted by Crippen LogP contribution is -2.23. The lowest BCUT2D eigenvalue weighted by Gasteiger charge is -2.13. The fraction of sp³-hybridized carbons (Fsp3) is 0.263. The Labute approximate surface area is 152 Å². The van der Waals surface area contributed by atoms with Crippen molar-refractivity contribution in [1.82, 2.24) is 4.90 Å². The van der Waals surface area contributed by atoms with Crippen molar-refractivity contribution in [2.24, 2.45) is 0 Å².